The summed E-state index contributed by atoms with van der Waals surface area (Å²) >= 11 is 0. The molecule has 0 atom stereocenters. The molecule has 0 aliphatic carbocycles. The Morgan fingerprint density at radius 3 is 2.47 bits per heavy atom. The molecule has 0 spiro atoms. The lowest BCUT2D eigenvalue weighted by Crippen LogP contribution is -1.95. The quantitative estimate of drug-likeness (QED) is 0.786. The SMILES string of the molecule is CCc1ccc(-c2c[nH]cc2CN)cc1. The van der Waals surface area contributed by atoms with Gasteiger partial charge in [-0.25, -0.2) is 0 Å². The smallest absolute Gasteiger partial charge is 0.0199 e. The summed E-state index contributed by atoms with van der Waals surface area (Å²) in [6.45, 7) is 2.74. The third kappa shape index (κ3) is 1.95. The lowest BCUT2D eigenvalue weighted by Gasteiger charge is -2.03. The monoisotopic (exact) mass is 200 g/mol. The van der Waals surface area contributed by atoms with Crippen LogP contribution in [0.15, 0.2) is 36.7 Å². The zero-order chi connectivity index (χ0) is 10.7. The first-order valence-electron chi connectivity index (χ1n) is 5.30. The molecule has 0 unspecified atom stereocenters. The van der Waals surface area contributed by atoms with Gasteiger partial charge < -0.3 is 10.7 Å². The highest BCUT2D eigenvalue weighted by atomic mass is 14.7. The molecule has 15 heavy (non-hydrogen) atoms. The van der Waals surface area contributed by atoms with Crippen molar-refractivity contribution in [3.63, 3.8) is 0 Å². The van der Waals surface area contributed by atoms with E-state index in [-0.39, 0.29) is 0 Å². The molecule has 1 aromatic carbocycles. The number of H-pyrrole nitrogens is 1. The Morgan fingerprint density at radius 2 is 1.87 bits per heavy atom. The summed E-state index contributed by atoms with van der Waals surface area (Å²) in [5, 5.41) is 0. The Labute approximate surface area is 90.1 Å². The van der Waals surface area contributed by atoms with Crippen molar-refractivity contribution in [3.8, 4) is 11.1 Å². The standard InChI is InChI=1S/C13H16N2/c1-2-10-3-5-11(6-4-10)13-9-15-8-12(13)7-14/h3-6,8-9,15H,2,7,14H2,1H3. The number of benzene rings is 1. The summed E-state index contributed by atoms with van der Waals surface area (Å²) in [7, 11) is 0. The maximum Gasteiger partial charge on any atom is 0.0199 e. The molecule has 0 amide bonds. The lowest BCUT2D eigenvalue weighted by atomic mass is 10.0. The largest absolute Gasteiger partial charge is 0.367 e. The van der Waals surface area contributed by atoms with Gasteiger partial charge in [0.05, 0.1) is 0 Å². The number of hydrogen-bond acceptors (Lipinski definition) is 1. The predicted molar refractivity (Wildman–Crippen MR) is 63.5 cm³/mol. The van der Waals surface area contributed by atoms with Crippen molar-refractivity contribution >= 4 is 0 Å². The van der Waals surface area contributed by atoms with Gasteiger partial charge >= 0.3 is 0 Å². The van der Waals surface area contributed by atoms with Crippen molar-refractivity contribution in [3.05, 3.63) is 47.8 Å². The molecular weight excluding hydrogens is 184 g/mol. The number of aryl methyl sites for hydroxylation is 1. The minimum absolute atomic E-state index is 0.578. The molecule has 2 nitrogen and oxygen atoms in total. The van der Waals surface area contributed by atoms with Crippen LogP contribution < -0.4 is 5.73 Å². The normalized spacial score (nSPS) is 10.5. The van der Waals surface area contributed by atoms with Gasteiger partial charge in [0, 0.05) is 24.5 Å². The van der Waals surface area contributed by atoms with E-state index in [2.05, 4.69) is 36.2 Å². The van der Waals surface area contributed by atoms with E-state index in [1.54, 1.807) is 0 Å². The second-order valence-electron chi connectivity index (χ2n) is 3.65. The van der Waals surface area contributed by atoms with Gasteiger partial charge in [0.2, 0.25) is 0 Å². The molecule has 78 valence electrons. The van der Waals surface area contributed by atoms with Gasteiger partial charge in [0.15, 0.2) is 0 Å². The molecule has 1 heterocycles. The molecule has 0 bridgehead atoms. The van der Waals surface area contributed by atoms with E-state index < -0.39 is 0 Å². The minimum atomic E-state index is 0.578. The van der Waals surface area contributed by atoms with Crippen LogP contribution in [0.25, 0.3) is 11.1 Å². The zero-order valence-electron chi connectivity index (χ0n) is 8.96. The number of aromatic amines is 1. The molecule has 0 aliphatic rings. The second kappa shape index (κ2) is 4.32. The van der Waals surface area contributed by atoms with Crippen LogP contribution in [0.5, 0.6) is 0 Å². The molecule has 1 aromatic heterocycles. The van der Waals surface area contributed by atoms with Crippen LogP contribution in [-0.2, 0) is 13.0 Å². The summed E-state index contributed by atoms with van der Waals surface area (Å²) in [6.07, 6.45) is 5.05. The third-order valence-electron chi connectivity index (χ3n) is 2.72. The third-order valence-corrected chi connectivity index (χ3v) is 2.72. The molecule has 0 saturated heterocycles. The highest BCUT2D eigenvalue weighted by molar-refractivity contribution is 5.66. The first kappa shape index (κ1) is 9.99. The van der Waals surface area contributed by atoms with Crippen LogP contribution in [0.4, 0.5) is 0 Å². The van der Waals surface area contributed by atoms with Crippen LogP contribution in [0.3, 0.4) is 0 Å². The van der Waals surface area contributed by atoms with Gasteiger partial charge in [0.1, 0.15) is 0 Å². The van der Waals surface area contributed by atoms with E-state index in [1.807, 2.05) is 12.4 Å². The number of rotatable bonds is 3. The Balaban J connectivity index is 2.37. The van der Waals surface area contributed by atoms with Crippen molar-refractivity contribution < 1.29 is 0 Å². The molecule has 3 N–H and O–H groups in total. The maximum atomic E-state index is 5.67. The molecule has 0 aliphatic heterocycles. The molecule has 0 radical (unpaired) electrons. The van der Waals surface area contributed by atoms with Gasteiger partial charge in [-0.15, -0.1) is 0 Å². The minimum Gasteiger partial charge on any atom is -0.367 e. The van der Waals surface area contributed by atoms with Gasteiger partial charge in [-0.05, 0) is 23.1 Å². The van der Waals surface area contributed by atoms with E-state index in [9.17, 15) is 0 Å². The average Bonchev–Trinajstić information content (AvgIpc) is 2.77. The van der Waals surface area contributed by atoms with Gasteiger partial charge in [-0.1, -0.05) is 31.2 Å². The summed E-state index contributed by atoms with van der Waals surface area (Å²) in [6, 6.07) is 8.65. The molecule has 0 fully saturated rings. The van der Waals surface area contributed by atoms with E-state index >= 15 is 0 Å². The fraction of sp³-hybridized carbons (Fsp3) is 0.231. The van der Waals surface area contributed by atoms with Crippen LogP contribution in [-0.4, -0.2) is 4.98 Å². The van der Waals surface area contributed by atoms with Crippen molar-refractivity contribution in [2.45, 2.75) is 19.9 Å². The molecule has 2 aromatic rings. The number of nitrogens with one attached hydrogen (secondary N) is 1. The lowest BCUT2D eigenvalue weighted by molar-refractivity contribution is 1.08. The maximum absolute atomic E-state index is 5.67. The van der Waals surface area contributed by atoms with Crippen LogP contribution in [0.2, 0.25) is 0 Å². The Hall–Kier alpha value is -1.54. The van der Waals surface area contributed by atoms with Crippen LogP contribution in [0.1, 0.15) is 18.1 Å². The first-order chi connectivity index (χ1) is 7.35. The average molecular weight is 200 g/mol. The highest BCUT2D eigenvalue weighted by Gasteiger charge is 2.04. The molecular formula is C13H16N2. The topological polar surface area (TPSA) is 41.8 Å². The second-order valence-corrected chi connectivity index (χ2v) is 3.65. The first-order valence-corrected chi connectivity index (χ1v) is 5.30. The highest BCUT2D eigenvalue weighted by Crippen LogP contribution is 2.23. The molecule has 2 heteroatoms. The van der Waals surface area contributed by atoms with Gasteiger partial charge in [-0.2, -0.15) is 0 Å². The summed E-state index contributed by atoms with van der Waals surface area (Å²) < 4.78 is 0. The van der Waals surface area contributed by atoms with E-state index in [0.717, 1.165) is 6.42 Å². The van der Waals surface area contributed by atoms with Crippen LogP contribution >= 0.6 is 0 Å². The van der Waals surface area contributed by atoms with Gasteiger partial charge in [-0.3, -0.25) is 0 Å². The molecule has 2 rings (SSSR count). The fourth-order valence-electron chi connectivity index (χ4n) is 1.75. The Kier molecular flexibility index (Phi) is 2.88. The zero-order valence-corrected chi connectivity index (χ0v) is 8.96. The summed E-state index contributed by atoms with van der Waals surface area (Å²) in [4.78, 5) is 3.10. The Morgan fingerprint density at radius 1 is 1.13 bits per heavy atom. The number of hydrogen-bond donors (Lipinski definition) is 2. The van der Waals surface area contributed by atoms with E-state index in [1.165, 1.54) is 22.3 Å². The van der Waals surface area contributed by atoms with E-state index in [4.69, 9.17) is 5.73 Å². The van der Waals surface area contributed by atoms with Crippen molar-refractivity contribution in [2.75, 3.05) is 0 Å². The van der Waals surface area contributed by atoms with Crippen molar-refractivity contribution in [1.29, 1.82) is 0 Å². The van der Waals surface area contributed by atoms with Gasteiger partial charge in [0.25, 0.3) is 0 Å². The Bertz CT molecular complexity index is 426. The van der Waals surface area contributed by atoms with E-state index in [0.29, 0.717) is 6.54 Å². The predicted octanol–water partition coefficient (Wildman–Crippen LogP) is 2.70. The number of nitrogens with two attached hydrogens (primary N) is 1. The summed E-state index contributed by atoms with van der Waals surface area (Å²) in [5.41, 5.74) is 10.6. The van der Waals surface area contributed by atoms with Crippen LogP contribution in [0, 0.1) is 0 Å². The van der Waals surface area contributed by atoms with Crippen molar-refractivity contribution in [1.82, 2.24) is 4.98 Å². The number of aromatic nitrogens is 1. The van der Waals surface area contributed by atoms with Crippen molar-refractivity contribution in [2.24, 2.45) is 5.73 Å². The fourth-order valence-corrected chi connectivity index (χ4v) is 1.75. The summed E-state index contributed by atoms with van der Waals surface area (Å²) in [5.74, 6) is 0. The molecule has 0 saturated carbocycles.